The van der Waals surface area contributed by atoms with Crippen molar-refractivity contribution in [1.82, 2.24) is 15.0 Å². The van der Waals surface area contributed by atoms with Crippen molar-refractivity contribution in [1.29, 1.82) is 0 Å². The van der Waals surface area contributed by atoms with Gasteiger partial charge in [0.15, 0.2) is 6.10 Å². The summed E-state index contributed by atoms with van der Waals surface area (Å²) in [6.45, 7) is 6.08. The molecule has 0 fully saturated rings. The Morgan fingerprint density at radius 3 is 2.41 bits per heavy atom. The Labute approximate surface area is 188 Å². The molecule has 0 aliphatic carbocycles. The lowest BCUT2D eigenvalue weighted by Crippen LogP contribution is -2.39. The van der Waals surface area contributed by atoms with E-state index in [1.807, 2.05) is 32.9 Å². The van der Waals surface area contributed by atoms with Crippen molar-refractivity contribution in [3.05, 3.63) is 53.4 Å². The van der Waals surface area contributed by atoms with E-state index < -0.39 is 6.10 Å². The Morgan fingerprint density at radius 1 is 1.06 bits per heavy atom. The molecular formula is C24H29N3O5. The van der Waals surface area contributed by atoms with E-state index in [0.717, 1.165) is 11.1 Å². The lowest BCUT2D eigenvalue weighted by molar-refractivity contribution is -0.138. The zero-order valence-electron chi connectivity index (χ0n) is 19.3. The fraction of sp³-hybridized carbons (Fsp3) is 0.375. The highest BCUT2D eigenvalue weighted by molar-refractivity contribution is 5.81. The lowest BCUT2D eigenvalue weighted by atomic mass is 10.1. The number of rotatable bonds is 9. The molecule has 0 bridgehead atoms. The number of amides is 1. The van der Waals surface area contributed by atoms with E-state index in [-0.39, 0.29) is 12.5 Å². The van der Waals surface area contributed by atoms with E-state index in [9.17, 15) is 4.79 Å². The van der Waals surface area contributed by atoms with Gasteiger partial charge in [0.2, 0.25) is 11.7 Å². The SMILES string of the molecule is CC[C@H](Oc1cc(C)cc(C)c1)C(=O)N(C)Cc1nc(-c2ccc(OC)cc2OC)no1. The Balaban J connectivity index is 1.71. The molecule has 0 radical (unpaired) electrons. The normalized spacial score (nSPS) is 11.7. The first-order valence-electron chi connectivity index (χ1n) is 10.4. The van der Waals surface area contributed by atoms with Gasteiger partial charge in [-0.15, -0.1) is 0 Å². The minimum atomic E-state index is -0.606. The second-order valence-corrected chi connectivity index (χ2v) is 7.61. The predicted octanol–water partition coefficient (Wildman–Crippen LogP) is 4.19. The van der Waals surface area contributed by atoms with Crippen LogP contribution in [0, 0.1) is 13.8 Å². The average molecular weight is 440 g/mol. The Morgan fingerprint density at radius 2 is 1.78 bits per heavy atom. The Kier molecular flexibility index (Phi) is 7.35. The number of hydrogen-bond donors (Lipinski definition) is 0. The summed E-state index contributed by atoms with van der Waals surface area (Å²) < 4.78 is 22.0. The molecule has 170 valence electrons. The second kappa shape index (κ2) is 10.2. The first-order chi connectivity index (χ1) is 15.3. The van der Waals surface area contributed by atoms with Crippen LogP contribution in [0.1, 0.15) is 30.4 Å². The van der Waals surface area contributed by atoms with E-state index in [2.05, 4.69) is 16.2 Å². The molecule has 1 heterocycles. The number of aromatic nitrogens is 2. The van der Waals surface area contributed by atoms with Crippen molar-refractivity contribution in [2.24, 2.45) is 0 Å². The Hall–Kier alpha value is -3.55. The van der Waals surface area contributed by atoms with Crippen LogP contribution in [-0.2, 0) is 11.3 Å². The molecule has 0 aliphatic rings. The number of carbonyl (C=O) groups is 1. The van der Waals surface area contributed by atoms with E-state index >= 15 is 0 Å². The predicted molar refractivity (Wildman–Crippen MR) is 120 cm³/mol. The van der Waals surface area contributed by atoms with Crippen LogP contribution in [0.5, 0.6) is 17.2 Å². The number of ether oxygens (including phenoxy) is 3. The molecule has 0 spiro atoms. The monoisotopic (exact) mass is 439 g/mol. The van der Waals surface area contributed by atoms with Crippen LogP contribution in [0.15, 0.2) is 40.9 Å². The molecule has 0 aliphatic heterocycles. The minimum absolute atomic E-state index is 0.159. The molecule has 1 amide bonds. The first kappa shape index (κ1) is 23.1. The summed E-state index contributed by atoms with van der Waals surface area (Å²) in [5.74, 6) is 2.44. The van der Waals surface area contributed by atoms with Crippen LogP contribution in [0.2, 0.25) is 0 Å². The van der Waals surface area contributed by atoms with Crippen LogP contribution in [0.4, 0.5) is 0 Å². The highest BCUT2D eigenvalue weighted by Gasteiger charge is 2.24. The summed E-state index contributed by atoms with van der Waals surface area (Å²) in [4.78, 5) is 18.9. The van der Waals surface area contributed by atoms with Crippen molar-refractivity contribution >= 4 is 5.91 Å². The quantitative estimate of drug-likeness (QED) is 0.494. The summed E-state index contributed by atoms with van der Waals surface area (Å²) >= 11 is 0. The number of likely N-dealkylation sites (N-methyl/N-ethyl adjacent to an activating group) is 1. The number of aryl methyl sites for hydroxylation is 2. The highest BCUT2D eigenvalue weighted by atomic mass is 16.5. The zero-order valence-corrected chi connectivity index (χ0v) is 19.3. The Bertz CT molecular complexity index is 1060. The van der Waals surface area contributed by atoms with Gasteiger partial charge in [-0.05, 0) is 55.7 Å². The number of nitrogens with zero attached hydrogens (tertiary/aromatic N) is 3. The number of hydrogen-bond acceptors (Lipinski definition) is 7. The maximum atomic E-state index is 13.0. The van der Waals surface area contributed by atoms with E-state index in [0.29, 0.717) is 40.9 Å². The third kappa shape index (κ3) is 5.38. The smallest absolute Gasteiger partial charge is 0.263 e. The van der Waals surface area contributed by atoms with Crippen molar-refractivity contribution in [3.63, 3.8) is 0 Å². The number of carbonyl (C=O) groups excluding carboxylic acids is 1. The van der Waals surface area contributed by atoms with Crippen molar-refractivity contribution in [3.8, 4) is 28.6 Å². The summed E-state index contributed by atoms with van der Waals surface area (Å²) in [5.41, 5.74) is 2.84. The van der Waals surface area contributed by atoms with Crippen molar-refractivity contribution in [2.45, 2.75) is 39.8 Å². The van der Waals surface area contributed by atoms with Gasteiger partial charge in [-0.1, -0.05) is 18.1 Å². The van der Waals surface area contributed by atoms with E-state index in [4.69, 9.17) is 18.7 Å². The van der Waals surface area contributed by atoms with Crippen LogP contribution in [0.3, 0.4) is 0 Å². The van der Waals surface area contributed by atoms with Gasteiger partial charge in [-0.2, -0.15) is 4.98 Å². The third-order valence-corrected chi connectivity index (χ3v) is 4.99. The molecule has 0 unspecified atom stereocenters. The summed E-state index contributed by atoms with van der Waals surface area (Å²) in [5, 5.41) is 4.04. The van der Waals surface area contributed by atoms with Crippen LogP contribution >= 0.6 is 0 Å². The topological polar surface area (TPSA) is 86.9 Å². The van der Waals surface area contributed by atoms with Crippen LogP contribution in [0.25, 0.3) is 11.4 Å². The van der Waals surface area contributed by atoms with E-state index in [1.165, 1.54) is 4.90 Å². The first-order valence-corrected chi connectivity index (χ1v) is 10.4. The molecule has 2 aromatic carbocycles. The second-order valence-electron chi connectivity index (χ2n) is 7.61. The molecule has 8 heteroatoms. The summed E-state index contributed by atoms with van der Waals surface area (Å²) in [6.07, 6.45) is -0.0702. The summed E-state index contributed by atoms with van der Waals surface area (Å²) in [7, 11) is 4.83. The molecule has 1 aromatic heterocycles. The van der Waals surface area contributed by atoms with Gasteiger partial charge in [-0.3, -0.25) is 4.79 Å². The molecular weight excluding hydrogens is 410 g/mol. The maximum absolute atomic E-state index is 13.0. The minimum Gasteiger partial charge on any atom is -0.497 e. The molecule has 32 heavy (non-hydrogen) atoms. The van der Waals surface area contributed by atoms with Gasteiger partial charge in [-0.25, -0.2) is 0 Å². The molecule has 1 atom stereocenters. The fourth-order valence-electron chi connectivity index (χ4n) is 3.41. The molecule has 0 saturated carbocycles. The van der Waals surface area contributed by atoms with Gasteiger partial charge in [0.25, 0.3) is 5.91 Å². The lowest BCUT2D eigenvalue weighted by Gasteiger charge is -2.23. The van der Waals surface area contributed by atoms with Crippen LogP contribution < -0.4 is 14.2 Å². The molecule has 3 aromatic rings. The van der Waals surface area contributed by atoms with Gasteiger partial charge in [0, 0.05) is 13.1 Å². The van der Waals surface area contributed by atoms with Gasteiger partial charge in [0.1, 0.15) is 17.2 Å². The highest BCUT2D eigenvalue weighted by Crippen LogP contribution is 2.31. The maximum Gasteiger partial charge on any atom is 0.263 e. The van der Waals surface area contributed by atoms with Gasteiger partial charge < -0.3 is 23.6 Å². The average Bonchev–Trinajstić information content (AvgIpc) is 3.23. The summed E-state index contributed by atoms with van der Waals surface area (Å²) in [6, 6.07) is 11.3. The molecule has 0 saturated heterocycles. The standard InChI is InChI=1S/C24H29N3O5/c1-7-20(31-18-11-15(2)10-16(3)12-18)24(28)27(4)14-22-25-23(26-32-22)19-9-8-17(29-5)13-21(19)30-6/h8-13,20H,7,14H2,1-6H3/t20-/m0/s1. The van der Waals surface area contributed by atoms with E-state index in [1.54, 1.807) is 39.5 Å². The molecule has 3 rings (SSSR count). The van der Waals surface area contributed by atoms with Gasteiger partial charge in [0.05, 0.1) is 26.3 Å². The van der Waals surface area contributed by atoms with Crippen LogP contribution in [-0.4, -0.2) is 48.3 Å². The van der Waals surface area contributed by atoms with Crippen molar-refractivity contribution < 1.29 is 23.5 Å². The molecule has 8 nitrogen and oxygen atoms in total. The van der Waals surface area contributed by atoms with Gasteiger partial charge >= 0.3 is 0 Å². The number of benzene rings is 2. The number of methoxy groups -OCH3 is 2. The molecule has 0 N–H and O–H groups in total. The largest absolute Gasteiger partial charge is 0.497 e. The van der Waals surface area contributed by atoms with Crippen molar-refractivity contribution in [2.75, 3.05) is 21.3 Å². The third-order valence-electron chi connectivity index (χ3n) is 4.99. The fourth-order valence-corrected chi connectivity index (χ4v) is 3.41. The zero-order chi connectivity index (χ0) is 23.3.